The van der Waals surface area contributed by atoms with Crippen LogP contribution in [0.1, 0.15) is 22.8 Å². The number of carboxylic acid groups (broad SMARTS) is 1. The Morgan fingerprint density at radius 3 is 2.48 bits per heavy atom. The van der Waals surface area contributed by atoms with Crippen LogP contribution in [-0.4, -0.2) is 59.6 Å². The summed E-state index contributed by atoms with van der Waals surface area (Å²) < 4.78 is 0. The van der Waals surface area contributed by atoms with Crippen molar-refractivity contribution in [3.63, 3.8) is 0 Å². The summed E-state index contributed by atoms with van der Waals surface area (Å²) in [5, 5.41) is 11.9. The molecule has 0 unspecified atom stereocenters. The van der Waals surface area contributed by atoms with Gasteiger partial charge in [-0.2, -0.15) is 0 Å². The Morgan fingerprint density at radius 2 is 1.90 bits per heavy atom. The number of carbonyl (C=O) groups is 2. The number of likely N-dealkylation sites (N-methyl/N-ethyl adjacent to an activating group) is 1. The molecule has 2 rings (SSSR count). The third kappa shape index (κ3) is 3.52. The average molecular weight is 291 g/mol. The molecule has 1 aliphatic rings. The molecule has 0 atom stereocenters. The molecule has 1 heterocycles. The second-order valence-electron chi connectivity index (χ2n) is 5.13. The second-order valence-corrected chi connectivity index (χ2v) is 5.13. The number of piperazine rings is 1. The van der Waals surface area contributed by atoms with Crippen molar-refractivity contribution in [2.24, 2.45) is 0 Å². The Morgan fingerprint density at radius 1 is 1.24 bits per heavy atom. The van der Waals surface area contributed by atoms with Gasteiger partial charge in [-0.1, -0.05) is 13.0 Å². The molecule has 0 spiro atoms. The van der Waals surface area contributed by atoms with E-state index in [0.717, 1.165) is 19.6 Å². The highest BCUT2D eigenvalue weighted by molar-refractivity contribution is 5.95. The van der Waals surface area contributed by atoms with Gasteiger partial charge in [0.1, 0.15) is 0 Å². The summed E-state index contributed by atoms with van der Waals surface area (Å²) in [6, 6.07) is 4.73. The minimum absolute atomic E-state index is 0.170. The van der Waals surface area contributed by atoms with Crippen LogP contribution in [0.3, 0.4) is 0 Å². The molecule has 2 amide bonds. The van der Waals surface area contributed by atoms with Crippen LogP contribution in [0.4, 0.5) is 10.5 Å². The maximum absolute atomic E-state index is 12.2. The van der Waals surface area contributed by atoms with E-state index < -0.39 is 5.97 Å². The van der Waals surface area contributed by atoms with E-state index >= 15 is 0 Å². The second kappa shape index (κ2) is 6.58. The first-order chi connectivity index (χ1) is 10.0. The van der Waals surface area contributed by atoms with E-state index in [2.05, 4.69) is 17.1 Å². The standard InChI is InChI=1S/C15H21N3O3/c1-3-17-7-9-18(10-8-17)15(21)16-13-6-4-5-12(11(13)2)14(19)20/h4-6H,3,7-10H2,1-2H3,(H,16,21)(H,19,20). The molecule has 1 aromatic rings. The molecule has 21 heavy (non-hydrogen) atoms. The molecule has 1 aromatic carbocycles. The van der Waals surface area contributed by atoms with E-state index in [1.54, 1.807) is 24.0 Å². The predicted molar refractivity (Wildman–Crippen MR) is 80.8 cm³/mol. The Labute approximate surface area is 124 Å². The Balaban J connectivity index is 2.03. The third-order valence-electron chi connectivity index (χ3n) is 3.91. The van der Waals surface area contributed by atoms with Crippen LogP contribution < -0.4 is 5.32 Å². The Bertz CT molecular complexity index is 537. The van der Waals surface area contributed by atoms with Gasteiger partial charge in [0.15, 0.2) is 0 Å². The van der Waals surface area contributed by atoms with Crippen LogP contribution >= 0.6 is 0 Å². The zero-order chi connectivity index (χ0) is 15.4. The first kappa shape index (κ1) is 15.3. The number of carboxylic acids is 1. The zero-order valence-electron chi connectivity index (χ0n) is 12.4. The van der Waals surface area contributed by atoms with Crippen LogP contribution in [0, 0.1) is 6.92 Å². The number of aromatic carboxylic acids is 1. The topological polar surface area (TPSA) is 72.9 Å². The maximum atomic E-state index is 12.2. The summed E-state index contributed by atoms with van der Waals surface area (Å²) in [5.41, 5.74) is 1.34. The lowest BCUT2D eigenvalue weighted by Crippen LogP contribution is -2.49. The molecule has 0 saturated carbocycles. The summed E-state index contributed by atoms with van der Waals surface area (Å²) in [5.74, 6) is -0.986. The number of urea groups is 1. The van der Waals surface area contributed by atoms with E-state index in [0.29, 0.717) is 24.3 Å². The van der Waals surface area contributed by atoms with Crippen molar-refractivity contribution < 1.29 is 14.7 Å². The van der Waals surface area contributed by atoms with Gasteiger partial charge in [0.25, 0.3) is 0 Å². The first-order valence-electron chi connectivity index (χ1n) is 7.14. The number of nitrogens with one attached hydrogen (secondary N) is 1. The van der Waals surface area contributed by atoms with Crippen LogP contribution in [0.25, 0.3) is 0 Å². The highest BCUT2D eigenvalue weighted by Crippen LogP contribution is 2.19. The number of nitrogens with zero attached hydrogens (tertiary/aromatic N) is 2. The number of hydrogen-bond acceptors (Lipinski definition) is 3. The van der Waals surface area contributed by atoms with Crippen molar-refractivity contribution in [3.8, 4) is 0 Å². The van der Waals surface area contributed by atoms with Crippen LogP contribution in [-0.2, 0) is 0 Å². The van der Waals surface area contributed by atoms with Gasteiger partial charge in [0, 0.05) is 31.9 Å². The number of benzene rings is 1. The number of amides is 2. The lowest BCUT2D eigenvalue weighted by atomic mass is 10.1. The first-order valence-corrected chi connectivity index (χ1v) is 7.14. The van der Waals surface area contributed by atoms with Crippen molar-refractivity contribution in [3.05, 3.63) is 29.3 Å². The smallest absolute Gasteiger partial charge is 0.336 e. The summed E-state index contributed by atoms with van der Waals surface area (Å²) in [4.78, 5) is 27.4. The van der Waals surface area contributed by atoms with E-state index in [1.807, 2.05) is 0 Å². The van der Waals surface area contributed by atoms with Crippen LogP contribution in [0.5, 0.6) is 0 Å². The fraction of sp³-hybridized carbons (Fsp3) is 0.467. The van der Waals surface area contributed by atoms with Gasteiger partial charge in [0.2, 0.25) is 0 Å². The molecule has 0 bridgehead atoms. The van der Waals surface area contributed by atoms with Gasteiger partial charge in [-0.05, 0) is 31.2 Å². The Hall–Kier alpha value is -2.08. The number of rotatable bonds is 3. The quantitative estimate of drug-likeness (QED) is 0.891. The van der Waals surface area contributed by atoms with Crippen molar-refractivity contribution in [2.45, 2.75) is 13.8 Å². The Kier molecular flexibility index (Phi) is 4.80. The van der Waals surface area contributed by atoms with Gasteiger partial charge in [-0.3, -0.25) is 0 Å². The fourth-order valence-corrected chi connectivity index (χ4v) is 2.46. The molecule has 6 nitrogen and oxygen atoms in total. The third-order valence-corrected chi connectivity index (χ3v) is 3.91. The molecular weight excluding hydrogens is 270 g/mol. The maximum Gasteiger partial charge on any atom is 0.336 e. The van der Waals surface area contributed by atoms with E-state index in [9.17, 15) is 9.59 Å². The summed E-state index contributed by atoms with van der Waals surface area (Å²) >= 11 is 0. The minimum Gasteiger partial charge on any atom is -0.478 e. The molecule has 114 valence electrons. The van der Waals surface area contributed by atoms with E-state index in [1.165, 1.54) is 6.07 Å². The molecule has 1 saturated heterocycles. The molecule has 2 N–H and O–H groups in total. The van der Waals surface area contributed by atoms with Crippen molar-refractivity contribution in [1.29, 1.82) is 0 Å². The number of anilines is 1. The highest BCUT2D eigenvalue weighted by atomic mass is 16.4. The molecule has 1 fully saturated rings. The van der Waals surface area contributed by atoms with Gasteiger partial charge < -0.3 is 20.2 Å². The normalized spacial score (nSPS) is 15.8. The molecular formula is C15H21N3O3. The zero-order valence-corrected chi connectivity index (χ0v) is 12.4. The average Bonchev–Trinajstić information content (AvgIpc) is 2.49. The SMILES string of the molecule is CCN1CCN(C(=O)Nc2cccc(C(=O)O)c2C)CC1. The summed E-state index contributed by atoms with van der Waals surface area (Å²) in [6.07, 6.45) is 0. The molecule has 0 aromatic heterocycles. The summed E-state index contributed by atoms with van der Waals surface area (Å²) in [6.45, 7) is 7.94. The predicted octanol–water partition coefficient (Wildman–Crippen LogP) is 1.86. The van der Waals surface area contributed by atoms with E-state index in [-0.39, 0.29) is 11.6 Å². The largest absolute Gasteiger partial charge is 0.478 e. The van der Waals surface area contributed by atoms with Gasteiger partial charge >= 0.3 is 12.0 Å². The monoisotopic (exact) mass is 291 g/mol. The van der Waals surface area contributed by atoms with Gasteiger partial charge in [-0.15, -0.1) is 0 Å². The van der Waals surface area contributed by atoms with Crippen LogP contribution in [0.15, 0.2) is 18.2 Å². The molecule has 0 aliphatic carbocycles. The number of hydrogen-bond donors (Lipinski definition) is 2. The number of carbonyl (C=O) groups excluding carboxylic acids is 1. The van der Waals surface area contributed by atoms with Crippen molar-refractivity contribution in [1.82, 2.24) is 9.80 Å². The van der Waals surface area contributed by atoms with Crippen LogP contribution in [0.2, 0.25) is 0 Å². The molecule has 0 radical (unpaired) electrons. The molecule has 1 aliphatic heterocycles. The lowest BCUT2D eigenvalue weighted by molar-refractivity contribution is 0.0696. The lowest BCUT2D eigenvalue weighted by Gasteiger charge is -2.34. The van der Waals surface area contributed by atoms with E-state index in [4.69, 9.17) is 5.11 Å². The fourth-order valence-electron chi connectivity index (χ4n) is 2.46. The molecule has 6 heteroatoms. The summed E-state index contributed by atoms with van der Waals surface area (Å²) in [7, 11) is 0. The van der Waals surface area contributed by atoms with Crippen molar-refractivity contribution in [2.75, 3.05) is 38.0 Å². The van der Waals surface area contributed by atoms with Gasteiger partial charge in [0.05, 0.1) is 5.56 Å². The highest BCUT2D eigenvalue weighted by Gasteiger charge is 2.21. The minimum atomic E-state index is -0.986. The van der Waals surface area contributed by atoms with Gasteiger partial charge in [-0.25, -0.2) is 9.59 Å². The van der Waals surface area contributed by atoms with Crippen molar-refractivity contribution >= 4 is 17.7 Å².